The van der Waals surface area contributed by atoms with Crippen LogP contribution in [0, 0.1) is 0 Å². The van der Waals surface area contributed by atoms with Crippen molar-refractivity contribution in [2.75, 3.05) is 6.54 Å². The Morgan fingerprint density at radius 3 is 2.44 bits per heavy atom. The lowest BCUT2D eigenvalue weighted by Gasteiger charge is -2.20. The summed E-state index contributed by atoms with van der Waals surface area (Å²) in [5.41, 5.74) is 0. The Labute approximate surface area is 99.6 Å². The first kappa shape index (κ1) is 13.7. The second-order valence-electron chi connectivity index (χ2n) is 5.30. The SMILES string of the molecule is CC/C=C\CCC1CN1S(=O)(=O)C(C)(C)C. The van der Waals surface area contributed by atoms with Gasteiger partial charge in [0.15, 0.2) is 0 Å². The summed E-state index contributed by atoms with van der Waals surface area (Å²) in [4.78, 5) is 0. The van der Waals surface area contributed by atoms with E-state index >= 15 is 0 Å². The summed E-state index contributed by atoms with van der Waals surface area (Å²) in [5, 5.41) is 0. The van der Waals surface area contributed by atoms with Crippen LogP contribution in [-0.2, 0) is 10.0 Å². The van der Waals surface area contributed by atoms with Crippen LogP contribution in [0.4, 0.5) is 0 Å². The van der Waals surface area contributed by atoms with E-state index in [1.807, 2.05) is 0 Å². The molecule has 0 N–H and O–H groups in total. The van der Waals surface area contributed by atoms with Gasteiger partial charge in [-0.15, -0.1) is 0 Å². The van der Waals surface area contributed by atoms with Gasteiger partial charge < -0.3 is 0 Å². The predicted molar refractivity (Wildman–Crippen MR) is 67.8 cm³/mol. The average Bonchev–Trinajstić information content (AvgIpc) is 2.90. The zero-order valence-electron chi connectivity index (χ0n) is 10.7. The molecule has 0 radical (unpaired) electrons. The molecule has 0 saturated carbocycles. The van der Waals surface area contributed by atoms with Crippen molar-refractivity contribution in [3.05, 3.63) is 12.2 Å². The summed E-state index contributed by atoms with van der Waals surface area (Å²) in [6.07, 6.45) is 7.25. The normalized spacial score (nSPS) is 26.2. The van der Waals surface area contributed by atoms with Crippen LogP contribution in [0.1, 0.15) is 47.0 Å². The Bertz CT molecular complexity index is 352. The van der Waals surface area contributed by atoms with Crippen LogP contribution in [0.5, 0.6) is 0 Å². The van der Waals surface area contributed by atoms with Crippen LogP contribution in [0.2, 0.25) is 0 Å². The number of nitrogens with zero attached hydrogens (tertiary/aromatic N) is 1. The Balaban J connectivity index is 2.43. The fraction of sp³-hybridized carbons (Fsp3) is 0.833. The molecule has 1 saturated heterocycles. The van der Waals surface area contributed by atoms with Crippen molar-refractivity contribution in [1.29, 1.82) is 0 Å². The van der Waals surface area contributed by atoms with Gasteiger partial charge in [0.05, 0.1) is 4.75 Å². The van der Waals surface area contributed by atoms with Gasteiger partial charge in [0, 0.05) is 12.6 Å². The van der Waals surface area contributed by atoms with Gasteiger partial charge in [-0.3, -0.25) is 0 Å². The summed E-state index contributed by atoms with van der Waals surface area (Å²) in [7, 11) is -3.09. The fourth-order valence-corrected chi connectivity index (χ4v) is 3.18. The van der Waals surface area contributed by atoms with E-state index in [1.54, 1.807) is 25.1 Å². The molecule has 1 rings (SSSR count). The van der Waals surface area contributed by atoms with Crippen molar-refractivity contribution < 1.29 is 8.42 Å². The van der Waals surface area contributed by atoms with E-state index in [2.05, 4.69) is 19.1 Å². The highest BCUT2D eigenvalue weighted by atomic mass is 32.2. The molecule has 0 bridgehead atoms. The maximum Gasteiger partial charge on any atom is 0.219 e. The molecular formula is C12H23NO2S. The van der Waals surface area contributed by atoms with Crippen LogP contribution in [0.3, 0.4) is 0 Å². The first-order valence-electron chi connectivity index (χ1n) is 5.97. The highest BCUT2D eigenvalue weighted by molar-refractivity contribution is 7.90. The molecule has 0 aromatic rings. The summed E-state index contributed by atoms with van der Waals surface area (Å²) < 4.78 is 25.0. The third kappa shape index (κ3) is 3.08. The molecule has 0 aromatic heterocycles. The molecule has 1 aliphatic heterocycles. The summed E-state index contributed by atoms with van der Waals surface area (Å²) in [5.74, 6) is 0. The summed E-state index contributed by atoms with van der Waals surface area (Å²) in [6, 6.07) is 0.241. The molecule has 3 nitrogen and oxygen atoms in total. The van der Waals surface area contributed by atoms with Gasteiger partial charge >= 0.3 is 0 Å². The highest BCUT2D eigenvalue weighted by Gasteiger charge is 2.48. The molecular weight excluding hydrogens is 222 g/mol. The zero-order valence-corrected chi connectivity index (χ0v) is 11.5. The van der Waals surface area contributed by atoms with Gasteiger partial charge in [-0.2, -0.15) is 4.31 Å². The number of sulfonamides is 1. The van der Waals surface area contributed by atoms with Gasteiger partial charge in [-0.05, 0) is 40.0 Å². The van der Waals surface area contributed by atoms with Crippen molar-refractivity contribution in [3.8, 4) is 0 Å². The minimum absolute atomic E-state index is 0.241. The Morgan fingerprint density at radius 2 is 1.94 bits per heavy atom. The predicted octanol–water partition coefficient (Wildman–Crippen LogP) is 2.55. The van der Waals surface area contributed by atoms with Crippen LogP contribution >= 0.6 is 0 Å². The molecule has 0 amide bonds. The maximum atomic E-state index is 12.0. The van der Waals surface area contributed by atoms with E-state index in [-0.39, 0.29) is 6.04 Å². The van der Waals surface area contributed by atoms with E-state index < -0.39 is 14.8 Å². The minimum atomic E-state index is -3.09. The average molecular weight is 245 g/mol. The molecule has 1 heterocycles. The highest BCUT2D eigenvalue weighted by Crippen LogP contribution is 2.33. The lowest BCUT2D eigenvalue weighted by atomic mass is 10.2. The van der Waals surface area contributed by atoms with E-state index in [1.165, 1.54) is 0 Å². The van der Waals surface area contributed by atoms with E-state index in [0.29, 0.717) is 6.54 Å². The lowest BCUT2D eigenvalue weighted by molar-refractivity contribution is 0.512. The molecule has 2 atom stereocenters. The van der Waals surface area contributed by atoms with Crippen molar-refractivity contribution in [2.24, 2.45) is 0 Å². The van der Waals surface area contributed by atoms with Gasteiger partial charge in [0.25, 0.3) is 0 Å². The van der Waals surface area contributed by atoms with Crippen LogP contribution in [0.25, 0.3) is 0 Å². The Hall–Kier alpha value is -0.350. The first-order valence-corrected chi connectivity index (χ1v) is 7.41. The zero-order chi connectivity index (χ0) is 12.4. The Morgan fingerprint density at radius 1 is 1.31 bits per heavy atom. The maximum absolute atomic E-state index is 12.0. The summed E-state index contributed by atoms with van der Waals surface area (Å²) in [6.45, 7) is 8.08. The number of hydrogen-bond acceptors (Lipinski definition) is 2. The van der Waals surface area contributed by atoms with Crippen LogP contribution in [-0.4, -0.2) is 30.1 Å². The van der Waals surface area contributed by atoms with E-state index in [9.17, 15) is 8.42 Å². The lowest BCUT2D eigenvalue weighted by Crippen LogP contribution is -2.34. The monoisotopic (exact) mass is 245 g/mol. The largest absolute Gasteiger partial charge is 0.219 e. The fourth-order valence-electron chi connectivity index (χ4n) is 1.62. The van der Waals surface area contributed by atoms with Gasteiger partial charge in [0.2, 0.25) is 10.0 Å². The quantitative estimate of drug-likeness (QED) is 0.551. The smallest absolute Gasteiger partial charge is 0.212 e. The van der Waals surface area contributed by atoms with Crippen molar-refractivity contribution in [1.82, 2.24) is 4.31 Å². The van der Waals surface area contributed by atoms with Crippen molar-refractivity contribution >= 4 is 10.0 Å². The second kappa shape index (κ2) is 4.88. The molecule has 0 spiro atoms. The van der Waals surface area contributed by atoms with Gasteiger partial charge in [-0.1, -0.05) is 19.1 Å². The van der Waals surface area contributed by atoms with E-state index in [4.69, 9.17) is 0 Å². The second-order valence-corrected chi connectivity index (χ2v) is 7.94. The number of rotatable bonds is 5. The molecule has 16 heavy (non-hydrogen) atoms. The summed E-state index contributed by atoms with van der Waals surface area (Å²) >= 11 is 0. The molecule has 94 valence electrons. The third-order valence-corrected chi connectivity index (χ3v) is 5.43. The van der Waals surface area contributed by atoms with E-state index in [0.717, 1.165) is 19.3 Å². The third-order valence-electron chi connectivity index (χ3n) is 2.82. The molecule has 1 fully saturated rings. The molecule has 2 unspecified atom stereocenters. The van der Waals surface area contributed by atoms with Crippen molar-refractivity contribution in [2.45, 2.75) is 57.7 Å². The standard InChI is InChI=1S/C12H23NO2S/c1-5-6-7-8-9-11-10-13(11)16(14,15)12(2,3)4/h6-7,11H,5,8-10H2,1-4H3/b7-6-. The number of hydrogen-bond donors (Lipinski definition) is 0. The first-order chi connectivity index (χ1) is 7.30. The van der Waals surface area contributed by atoms with Crippen LogP contribution in [0.15, 0.2) is 12.2 Å². The topological polar surface area (TPSA) is 37.1 Å². The minimum Gasteiger partial charge on any atom is -0.212 e. The van der Waals surface area contributed by atoms with Gasteiger partial charge in [-0.25, -0.2) is 8.42 Å². The van der Waals surface area contributed by atoms with Crippen molar-refractivity contribution in [3.63, 3.8) is 0 Å². The van der Waals surface area contributed by atoms with Crippen LogP contribution < -0.4 is 0 Å². The molecule has 4 heteroatoms. The molecule has 0 aliphatic carbocycles. The molecule has 1 aliphatic rings. The molecule has 0 aromatic carbocycles. The Kier molecular flexibility index (Phi) is 4.18. The number of allylic oxidation sites excluding steroid dienone is 2. The van der Waals surface area contributed by atoms with Gasteiger partial charge in [0.1, 0.15) is 0 Å².